The fraction of sp³-hybridized carbons (Fsp3) is 0.938. The van der Waals surface area contributed by atoms with Gasteiger partial charge in [-0.25, -0.2) is 0 Å². The van der Waals surface area contributed by atoms with Gasteiger partial charge in [0.1, 0.15) is 6.29 Å². The van der Waals surface area contributed by atoms with Crippen molar-refractivity contribution in [2.24, 2.45) is 22.7 Å². The van der Waals surface area contributed by atoms with Gasteiger partial charge in [-0.15, -0.1) is 0 Å². The van der Waals surface area contributed by atoms with E-state index in [0.29, 0.717) is 5.92 Å². The number of hydrogen-bond donors (Lipinski definition) is 1. The number of aliphatic hydroxyl groups is 1. The lowest BCUT2D eigenvalue weighted by Gasteiger charge is -2.58. The van der Waals surface area contributed by atoms with Crippen LogP contribution in [0, 0.1) is 22.7 Å². The summed E-state index contributed by atoms with van der Waals surface area (Å²) in [5, 5.41) is 10.5. The Bertz CT molecular complexity index is 345. The molecule has 3 nitrogen and oxygen atoms in total. The van der Waals surface area contributed by atoms with E-state index in [1.807, 2.05) is 13.8 Å². The van der Waals surface area contributed by atoms with Crippen molar-refractivity contribution < 1.29 is 14.6 Å². The van der Waals surface area contributed by atoms with E-state index >= 15 is 0 Å². The SMILES string of the molecule is CC(C)[C@@H]1CC[C@@]2(C)CC(C=O)C(O)C(C)(C)[C@@H]2O1. The van der Waals surface area contributed by atoms with Gasteiger partial charge in [0.05, 0.1) is 18.3 Å². The van der Waals surface area contributed by atoms with Gasteiger partial charge in [-0.05, 0) is 30.6 Å². The molecule has 0 amide bonds. The molecule has 0 aromatic carbocycles. The maximum atomic E-state index is 11.2. The third kappa shape index (κ3) is 2.36. The third-order valence-electron chi connectivity index (χ3n) is 5.41. The molecule has 0 aromatic heterocycles. The van der Waals surface area contributed by atoms with Gasteiger partial charge >= 0.3 is 0 Å². The number of carbonyl (C=O) groups excluding carboxylic acids is 1. The molecule has 19 heavy (non-hydrogen) atoms. The molecule has 5 atom stereocenters. The van der Waals surface area contributed by atoms with Gasteiger partial charge < -0.3 is 14.6 Å². The Morgan fingerprint density at radius 1 is 1.32 bits per heavy atom. The molecule has 0 spiro atoms. The Balaban J connectivity index is 2.30. The zero-order chi connectivity index (χ0) is 14.4. The van der Waals surface area contributed by atoms with Crippen molar-refractivity contribution in [3.05, 3.63) is 0 Å². The van der Waals surface area contributed by atoms with Crippen LogP contribution < -0.4 is 0 Å². The second kappa shape index (κ2) is 4.85. The lowest BCUT2D eigenvalue weighted by Crippen LogP contribution is -2.62. The molecule has 110 valence electrons. The summed E-state index contributed by atoms with van der Waals surface area (Å²) in [6.07, 6.45) is 3.53. The van der Waals surface area contributed by atoms with Crippen LogP contribution in [0.25, 0.3) is 0 Å². The molecule has 0 radical (unpaired) electrons. The van der Waals surface area contributed by atoms with Gasteiger partial charge in [-0.2, -0.15) is 0 Å². The molecule has 2 fully saturated rings. The number of hydrogen-bond acceptors (Lipinski definition) is 3. The van der Waals surface area contributed by atoms with Crippen LogP contribution in [0.15, 0.2) is 0 Å². The first-order valence-corrected chi connectivity index (χ1v) is 7.51. The molecule has 3 heteroatoms. The minimum atomic E-state index is -0.603. The highest BCUT2D eigenvalue weighted by Gasteiger charge is 2.57. The van der Waals surface area contributed by atoms with Crippen molar-refractivity contribution in [1.29, 1.82) is 0 Å². The van der Waals surface area contributed by atoms with E-state index in [0.717, 1.165) is 25.5 Å². The van der Waals surface area contributed by atoms with E-state index in [1.165, 1.54) is 0 Å². The van der Waals surface area contributed by atoms with E-state index in [1.54, 1.807) is 0 Å². The van der Waals surface area contributed by atoms with Crippen LogP contribution in [0.3, 0.4) is 0 Å². The van der Waals surface area contributed by atoms with Crippen molar-refractivity contribution in [3.8, 4) is 0 Å². The Morgan fingerprint density at radius 3 is 2.47 bits per heavy atom. The Labute approximate surface area is 116 Å². The second-order valence-corrected chi connectivity index (χ2v) is 7.76. The van der Waals surface area contributed by atoms with Gasteiger partial charge in [0, 0.05) is 11.3 Å². The normalized spacial score (nSPS) is 45.8. The van der Waals surface area contributed by atoms with E-state index in [2.05, 4.69) is 20.8 Å². The molecule has 1 aliphatic carbocycles. The first kappa shape index (κ1) is 15.0. The van der Waals surface area contributed by atoms with Crippen LogP contribution in [0.5, 0.6) is 0 Å². The van der Waals surface area contributed by atoms with E-state index < -0.39 is 6.10 Å². The number of aliphatic hydroxyl groups excluding tert-OH is 1. The second-order valence-electron chi connectivity index (χ2n) is 7.76. The standard InChI is InChI=1S/C16H28O3/c1-10(2)12-6-7-16(5)8-11(9-17)13(18)15(3,4)14(16)19-12/h9-14,18H,6-8H2,1-5H3/t11?,12-,13?,14-,16-/m0/s1. The van der Waals surface area contributed by atoms with Gasteiger partial charge in [-0.1, -0.05) is 34.6 Å². The van der Waals surface area contributed by atoms with Crippen molar-refractivity contribution in [1.82, 2.24) is 0 Å². The largest absolute Gasteiger partial charge is 0.392 e. The monoisotopic (exact) mass is 268 g/mol. The Morgan fingerprint density at radius 2 is 1.95 bits per heavy atom. The maximum absolute atomic E-state index is 11.2. The molecule has 0 aromatic rings. The molecule has 2 unspecified atom stereocenters. The first-order valence-electron chi connectivity index (χ1n) is 7.51. The van der Waals surface area contributed by atoms with E-state index in [-0.39, 0.29) is 29.0 Å². The highest BCUT2D eigenvalue weighted by atomic mass is 16.5. The summed E-state index contributed by atoms with van der Waals surface area (Å²) in [6.45, 7) is 10.7. The molecule has 1 aliphatic heterocycles. The molecule has 1 heterocycles. The quantitative estimate of drug-likeness (QED) is 0.783. The smallest absolute Gasteiger partial charge is 0.125 e. The third-order valence-corrected chi connectivity index (χ3v) is 5.41. The summed E-state index contributed by atoms with van der Waals surface area (Å²) in [5.41, 5.74) is -0.355. The predicted octanol–water partition coefficient (Wildman–Crippen LogP) is 2.80. The molecule has 0 bridgehead atoms. The number of aldehydes is 1. The van der Waals surface area contributed by atoms with Crippen LogP contribution in [0.4, 0.5) is 0 Å². The summed E-state index contributed by atoms with van der Waals surface area (Å²) < 4.78 is 6.36. The number of fused-ring (bicyclic) bond motifs is 1. The zero-order valence-electron chi connectivity index (χ0n) is 12.8. The first-order chi connectivity index (χ1) is 8.72. The summed E-state index contributed by atoms with van der Waals surface area (Å²) in [7, 11) is 0. The molecular weight excluding hydrogens is 240 g/mol. The summed E-state index contributed by atoms with van der Waals surface area (Å²) >= 11 is 0. The molecule has 2 rings (SSSR count). The van der Waals surface area contributed by atoms with Crippen LogP contribution in [-0.4, -0.2) is 29.7 Å². The summed E-state index contributed by atoms with van der Waals surface area (Å²) in [6, 6.07) is 0. The Hall–Kier alpha value is -0.410. The molecule has 1 saturated heterocycles. The maximum Gasteiger partial charge on any atom is 0.125 e. The molecule has 1 saturated carbocycles. The number of ether oxygens (including phenoxy) is 1. The predicted molar refractivity (Wildman–Crippen MR) is 74.8 cm³/mol. The van der Waals surface area contributed by atoms with Crippen LogP contribution in [0.1, 0.15) is 53.9 Å². The fourth-order valence-electron chi connectivity index (χ4n) is 4.26. The molecular formula is C16H28O3. The number of carbonyl (C=O) groups is 1. The zero-order valence-corrected chi connectivity index (χ0v) is 12.8. The van der Waals surface area contributed by atoms with Crippen molar-refractivity contribution >= 4 is 6.29 Å². The van der Waals surface area contributed by atoms with Crippen molar-refractivity contribution in [2.75, 3.05) is 0 Å². The summed E-state index contributed by atoms with van der Waals surface area (Å²) in [5.74, 6) is 0.247. The molecule has 2 aliphatic rings. The fourth-order valence-corrected chi connectivity index (χ4v) is 4.26. The summed E-state index contributed by atoms with van der Waals surface area (Å²) in [4.78, 5) is 11.2. The van der Waals surface area contributed by atoms with E-state index in [4.69, 9.17) is 4.74 Å². The minimum absolute atomic E-state index is 0.0136. The van der Waals surface area contributed by atoms with Crippen LogP contribution in [0.2, 0.25) is 0 Å². The highest BCUT2D eigenvalue weighted by molar-refractivity contribution is 5.55. The lowest BCUT2D eigenvalue weighted by atomic mass is 9.54. The van der Waals surface area contributed by atoms with Gasteiger partial charge in [-0.3, -0.25) is 0 Å². The highest BCUT2D eigenvalue weighted by Crippen LogP contribution is 2.55. The minimum Gasteiger partial charge on any atom is -0.392 e. The van der Waals surface area contributed by atoms with Crippen LogP contribution in [-0.2, 0) is 9.53 Å². The van der Waals surface area contributed by atoms with Crippen molar-refractivity contribution in [3.63, 3.8) is 0 Å². The number of rotatable bonds is 2. The van der Waals surface area contributed by atoms with Crippen LogP contribution >= 0.6 is 0 Å². The lowest BCUT2D eigenvalue weighted by molar-refractivity contribution is -0.239. The van der Waals surface area contributed by atoms with Gasteiger partial charge in [0.25, 0.3) is 0 Å². The van der Waals surface area contributed by atoms with Gasteiger partial charge in [0.15, 0.2) is 0 Å². The van der Waals surface area contributed by atoms with Gasteiger partial charge in [0.2, 0.25) is 0 Å². The van der Waals surface area contributed by atoms with Crippen molar-refractivity contribution in [2.45, 2.75) is 72.2 Å². The average Bonchev–Trinajstić information content (AvgIpc) is 2.33. The topological polar surface area (TPSA) is 46.5 Å². The Kier molecular flexibility index (Phi) is 3.83. The average molecular weight is 268 g/mol. The molecule has 1 N–H and O–H groups in total. The van der Waals surface area contributed by atoms with E-state index in [9.17, 15) is 9.90 Å².